The van der Waals surface area contributed by atoms with Crippen molar-refractivity contribution < 1.29 is 0 Å². The average molecular weight is 291 g/mol. The average Bonchev–Trinajstić information content (AvgIpc) is 2.98. The van der Waals surface area contributed by atoms with E-state index in [0.29, 0.717) is 12.1 Å². The van der Waals surface area contributed by atoms with Crippen LogP contribution in [0.5, 0.6) is 0 Å². The Hall–Kier alpha value is -0.640. The standard InChI is InChI=1S/C16H21NS2/c1-11(10-13-7-6-12(2)19-13)17-15-4-3-5-16-14(15)8-9-18-16/h6-9,11,15,17H,3-5,10H2,1-2H3. The lowest BCUT2D eigenvalue weighted by Crippen LogP contribution is -2.33. The van der Waals surface area contributed by atoms with Gasteiger partial charge in [0.2, 0.25) is 0 Å². The molecule has 1 N–H and O–H groups in total. The lowest BCUT2D eigenvalue weighted by atomic mass is 9.93. The fourth-order valence-corrected chi connectivity index (χ4v) is 4.97. The van der Waals surface area contributed by atoms with E-state index in [2.05, 4.69) is 42.7 Å². The Bertz CT molecular complexity index is 540. The molecular weight excluding hydrogens is 270 g/mol. The Morgan fingerprint density at radius 3 is 3.05 bits per heavy atom. The predicted octanol–water partition coefficient (Wildman–Crippen LogP) is 4.72. The summed E-state index contributed by atoms with van der Waals surface area (Å²) in [6, 6.07) is 7.94. The van der Waals surface area contributed by atoms with Crippen LogP contribution in [0.2, 0.25) is 0 Å². The highest BCUT2D eigenvalue weighted by atomic mass is 32.1. The van der Waals surface area contributed by atoms with E-state index in [4.69, 9.17) is 0 Å². The topological polar surface area (TPSA) is 12.0 Å². The number of rotatable bonds is 4. The summed E-state index contributed by atoms with van der Waals surface area (Å²) in [6.45, 7) is 4.50. The number of aryl methyl sites for hydroxylation is 2. The van der Waals surface area contributed by atoms with Crippen molar-refractivity contribution in [3.8, 4) is 0 Å². The van der Waals surface area contributed by atoms with Gasteiger partial charge < -0.3 is 5.32 Å². The lowest BCUT2D eigenvalue weighted by molar-refractivity contribution is 0.411. The van der Waals surface area contributed by atoms with Gasteiger partial charge in [-0.2, -0.15) is 0 Å². The number of fused-ring (bicyclic) bond motifs is 1. The SMILES string of the molecule is Cc1ccc(CC(C)NC2CCCc3sccc32)s1. The molecule has 19 heavy (non-hydrogen) atoms. The second-order valence-corrected chi connectivity index (χ2v) is 7.90. The van der Waals surface area contributed by atoms with Crippen LogP contribution < -0.4 is 5.32 Å². The summed E-state index contributed by atoms with van der Waals surface area (Å²) < 4.78 is 0. The third-order valence-electron chi connectivity index (χ3n) is 3.84. The molecule has 0 aromatic carbocycles. The number of hydrogen-bond acceptors (Lipinski definition) is 3. The van der Waals surface area contributed by atoms with Gasteiger partial charge in [-0.15, -0.1) is 22.7 Å². The van der Waals surface area contributed by atoms with Gasteiger partial charge in [0.15, 0.2) is 0 Å². The molecule has 2 atom stereocenters. The zero-order chi connectivity index (χ0) is 13.2. The van der Waals surface area contributed by atoms with Gasteiger partial charge in [0, 0.05) is 26.7 Å². The van der Waals surface area contributed by atoms with E-state index in [1.807, 2.05) is 22.7 Å². The second kappa shape index (κ2) is 5.78. The maximum absolute atomic E-state index is 3.83. The molecule has 0 amide bonds. The molecule has 3 rings (SSSR count). The monoisotopic (exact) mass is 291 g/mol. The van der Waals surface area contributed by atoms with Gasteiger partial charge in [-0.1, -0.05) is 0 Å². The molecule has 0 spiro atoms. The molecule has 0 radical (unpaired) electrons. The van der Waals surface area contributed by atoms with Gasteiger partial charge in [0.05, 0.1) is 0 Å². The van der Waals surface area contributed by atoms with Gasteiger partial charge in [-0.3, -0.25) is 0 Å². The summed E-state index contributed by atoms with van der Waals surface area (Å²) in [7, 11) is 0. The third-order valence-corrected chi connectivity index (χ3v) is 5.86. The molecule has 102 valence electrons. The van der Waals surface area contributed by atoms with Gasteiger partial charge in [-0.25, -0.2) is 0 Å². The minimum absolute atomic E-state index is 0.550. The largest absolute Gasteiger partial charge is 0.307 e. The summed E-state index contributed by atoms with van der Waals surface area (Å²) in [6.07, 6.45) is 5.05. The summed E-state index contributed by atoms with van der Waals surface area (Å²) in [5, 5.41) is 6.08. The minimum Gasteiger partial charge on any atom is -0.307 e. The van der Waals surface area contributed by atoms with Crippen LogP contribution in [0.15, 0.2) is 23.6 Å². The van der Waals surface area contributed by atoms with Crippen LogP contribution in [-0.4, -0.2) is 6.04 Å². The van der Waals surface area contributed by atoms with E-state index >= 15 is 0 Å². The van der Waals surface area contributed by atoms with Crippen LogP contribution in [0, 0.1) is 6.92 Å². The molecule has 0 bridgehead atoms. The zero-order valence-electron chi connectivity index (χ0n) is 11.6. The van der Waals surface area contributed by atoms with Gasteiger partial charge in [0.1, 0.15) is 0 Å². The number of thiophene rings is 2. The molecule has 1 aliphatic carbocycles. The van der Waals surface area contributed by atoms with E-state index in [9.17, 15) is 0 Å². The minimum atomic E-state index is 0.550. The molecule has 3 heteroatoms. The normalized spacial score (nSPS) is 20.2. The van der Waals surface area contributed by atoms with E-state index in [1.54, 1.807) is 10.4 Å². The van der Waals surface area contributed by atoms with Crippen LogP contribution in [0.4, 0.5) is 0 Å². The Kier molecular flexibility index (Phi) is 4.06. The molecule has 2 heterocycles. The first-order valence-electron chi connectivity index (χ1n) is 7.10. The molecule has 1 aliphatic rings. The van der Waals surface area contributed by atoms with E-state index in [1.165, 1.54) is 29.0 Å². The predicted molar refractivity (Wildman–Crippen MR) is 85.4 cm³/mol. The number of hydrogen-bond donors (Lipinski definition) is 1. The first-order valence-corrected chi connectivity index (χ1v) is 8.79. The van der Waals surface area contributed by atoms with Crippen molar-refractivity contribution in [2.75, 3.05) is 0 Å². The van der Waals surface area contributed by atoms with Crippen molar-refractivity contribution in [2.45, 2.75) is 51.6 Å². The van der Waals surface area contributed by atoms with Crippen molar-refractivity contribution in [3.63, 3.8) is 0 Å². The first-order chi connectivity index (χ1) is 9.22. The molecule has 0 aliphatic heterocycles. The van der Waals surface area contributed by atoms with E-state index < -0.39 is 0 Å². The van der Waals surface area contributed by atoms with Crippen molar-refractivity contribution in [1.29, 1.82) is 0 Å². The van der Waals surface area contributed by atoms with Crippen LogP contribution in [0.3, 0.4) is 0 Å². The molecule has 2 aromatic rings. The van der Waals surface area contributed by atoms with Crippen LogP contribution >= 0.6 is 22.7 Å². The Labute approximate surface area is 123 Å². The number of nitrogens with one attached hydrogen (secondary N) is 1. The fraction of sp³-hybridized carbons (Fsp3) is 0.500. The van der Waals surface area contributed by atoms with Crippen molar-refractivity contribution in [3.05, 3.63) is 43.8 Å². The fourth-order valence-electron chi connectivity index (χ4n) is 2.96. The highest BCUT2D eigenvalue weighted by Crippen LogP contribution is 2.33. The van der Waals surface area contributed by atoms with Crippen LogP contribution in [0.1, 0.15) is 46.0 Å². The van der Waals surface area contributed by atoms with E-state index in [0.717, 1.165) is 6.42 Å². The Morgan fingerprint density at radius 2 is 2.26 bits per heavy atom. The highest BCUT2D eigenvalue weighted by Gasteiger charge is 2.22. The maximum atomic E-state index is 3.83. The van der Waals surface area contributed by atoms with Crippen LogP contribution in [-0.2, 0) is 12.8 Å². The summed E-state index contributed by atoms with van der Waals surface area (Å²) in [5.74, 6) is 0. The molecule has 0 saturated carbocycles. The molecule has 2 aromatic heterocycles. The highest BCUT2D eigenvalue weighted by molar-refractivity contribution is 7.11. The maximum Gasteiger partial charge on any atom is 0.0333 e. The zero-order valence-corrected chi connectivity index (χ0v) is 13.2. The molecule has 2 unspecified atom stereocenters. The Balaban J connectivity index is 1.63. The second-order valence-electron chi connectivity index (χ2n) is 5.53. The van der Waals surface area contributed by atoms with E-state index in [-0.39, 0.29) is 0 Å². The van der Waals surface area contributed by atoms with Gasteiger partial charge >= 0.3 is 0 Å². The molecular formula is C16H21NS2. The summed E-state index contributed by atoms with van der Waals surface area (Å²) >= 11 is 3.85. The summed E-state index contributed by atoms with van der Waals surface area (Å²) in [4.78, 5) is 4.52. The van der Waals surface area contributed by atoms with Crippen molar-refractivity contribution in [1.82, 2.24) is 5.32 Å². The van der Waals surface area contributed by atoms with Crippen molar-refractivity contribution >= 4 is 22.7 Å². The Morgan fingerprint density at radius 1 is 1.37 bits per heavy atom. The molecule has 0 saturated heterocycles. The van der Waals surface area contributed by atoms with Gasteiger partial charge in [0.25, 0.3) is 0 Å². The summed E-state index contributed by atoms with van der Waals surface area (Å²) in [5.41, 5.74) is 1.56. The van der Waals surface area contributed by atoms with Crippen molar-refractivity contribution in [2.24, 2.45) is 0 Å². The quantitative estimate of drug-likeness (QED) is 0.859. The smallest absolute Gasteiger partial charge is 0.0333 e. The first kappa shape index (κ1) is 13.3. The van der Waals surface area contributed by atoms with Crippen LogP contribution in [0.25, 0.3) is 0 Å². The molecule has 0 fully saturated rings. The van der Waals surface area contributed by atoms with Gasteiger partial charge in [-0.05, 0) is 68.7 Å². The third kappa shape index (κ3) is 3.10. The lowest BCUT2D eigenvalue weighted by Gasteiger charge is -2.27. The molecule has 1 nitrogen and oxygen atoms in total.